The van der Waals surface area contributed by atoms with E-state index in [1.165, 1.54) is 0 Å². The highest BCUT2D eigenvalue weighted by atomic mass is 16.5. The van der Waals surface area contributed by atoms with E-state index < -0.39 is 0 Å². The monoisotopic (exact) mass is 348 g/mol. The largest absolute Gasteiger partial charge is 0.508 e. The molecule has 3 rings (SSSR count). The number of ether oxygens (including phenoxy) is 1. The lowest BCUT2D eigenvalue weighted by Crippen LogP contribution is -1.78. The van der Waals surface area contributed by atoms with Crippen LogP contribution in [0.1, 0.15) is 7.43 Å². The SMILES string of the molecule is C.COc1ccccc1.O.O.Oc1ccccc1.Oc1ccccc1. The van der Waals surface area contributed by atoms with Gasteiger partial charge in [0.15, 0.2) is 0 Å². The van der Waals surface area contributed by atoms with Crippen molar-refractivity contribution in [2.75, 3.05) is 7.11 Å². The molecule has 5 heteroatoms. The summed E-state index contributed by atoms with van der Waals surface area (Å²) >= 11 is 0. The van der Waals surface area contributed by atoms with Crippen LogP contribution in [0.15, 0.2) is 91.0 Å². The summed E-state index contributed by atoms with van der Waals surface area (Å²) in [6.45, 7) is 0. The molecule has 0 saturated heterocycles. The molecule has 0 saturated carbocycles. The minimum Gasteiger partial charge on any atom is -0.508 e. The van der Waals surface area contributed by atoms with Gasteiger partial charge in [-0.2, -0.15) is 0 Å². The number of phenols is 2. The first-order valence-electron chi connectivity index (χ1n) is 6.79. The van der Waals surface area contributed by atoms with E-state index in [9.17, 15) is 0 Å². The lowest BCUT2D eigenvalue weighted by atomic mass is 10.3. The standard InChI is InChI=1S/C7H8O.2C6H6O.CH4.2H2O/c1-8-7-5-3-2-4-6-7;2*7-6-4-2-1-3-5-6;;;/h2-6H,1H3;2*1-5,7H;1H4;2*1H2. The second-order valence-electron chi connectivity index (χ2n) is 4.19. The van der Waals surface area contributed by atoms with E-state index in [1.54, 1.807) is 55.6 Å². The average Bonchev–Trinajstić information content (AvgIpc) is 2.58. The highest BCUT2D eigenvalue weighted by Gasteiger charge is 1.80. The van der Waals surface area contributed by atoms with Crippen LogP contribution in [-0.2, 0) is 0 Å². The van der Waals surface area contributed by atoms with Crippen LogP contribution in [0.25, 0.3) is 0 Å². The summed E-state index contributed by atoms with van der Waals surface area (Å²) < 4.78 is 4.91. The number of benzene rings is 3. The predicted molar refractivity (Wildman–Crippen MR) is 103 cm³/mol. The number of hydrogen-bond acceptors (Lipinski definition) is 3. The third kappa shape index (κ3) is 14.3. The van der Waals surface area contributed by atoms with E-state index in [4.69, 9.17) is 14.9 Å². The molecule has 25 heavy (non-hydrogen) atoms. The molecule has 6 N–H and O–H groups in total. The number of hydrogen-bond donors (Lipinski definition) is 2. The number of phenolic OH excluding ortho intramolecular Hbond substituents is 2. The number of rotatable bonds is 1. The van der Waals surface area contributed by atoms with Gasteiger partial charge in [0.05, 0.1) is 7.11 Å². The van der Waals surface area contributed by atoms with Crippen LogP contribution in [0.2, 0.25) is 0 Å². The minimum atomic E-state index is 0. The second kappa shape index (κ2) is 17.3. The molecule has 0 aromatic heterocycles. The number of aromatic hydroxyl groups is 2. The Labute approximate surface area is 149 Å². The van der Waals surface area contributed by atoms with E-state index in [1.807, 2.05) is 42.5 Å². The van der Waals surface area contributed by atoms with Gasteiger partial charge in [-0.25, -0.2) is 0 Å². The van der Waals surface area contributed by atoms with Gasteiger partial charge in [0.1, 0.15) is 17.2 Å². The van der Waals surface area contributed by atoms with Crippen molar-refractivity contribution in [2.45, 2.75) is 7.43 Å². The normalized spacial score (nSPS) is 7.56. The molecule has 3 aromatic rings. The lowest BCUT2D eigenvalue weighted by molar-refractivity contribution is 0.415. The van der Waals surface area contributed by atoms with E-state index in [0.29, 0.717) is 11.5 Å². The van der Waals surface area contributed by atoms with Gasteiger partial charge in [-0.15, -0.1) is 0 Å². The first-order chi connectivity index (χ1) is 10.7. The summed E-state index contributed by atoms with van der Waals surface area (Å²) in [5, 5.41) is 17.3. The summed E-state index contributed by atoms with van der Waals surface area (Å²) in [5.74, 6) is 1.55. The average molecular weight is 348 g/mol. The predicted octanol–water partition coefficient (Wildman–Crippen LogP) is 3.47. The van der Waals surface area contributed by atoms with Crippen LogP contribution in [0, 0.1) is 0 Å². The quantitative estimate of drug-likeness (QED) is 0.702. The molecular formula is C20H28O5. The van der Waals surface area contributed by atoms with Crippen LogP contribution in [0.5, 0.6) is 17.2 Å². The second-order valence-corrected chi connectivity index (χ2v) is 4.19. The molecule has 0 aliphatic rings. The zero-order valence-electron chi connectivity index (χ0n) is 13.5. The summed E-state index contributed by atoms with van der Waals surface area (Å²) in [5.41, 5.74) is 0. The Balaban J connectivity index is -0.000000275. The van der Waals surface area contributed by atoms with Gasteiger partial charge in [-0.3, -0.25) is 0 Å². The minimum absolute atomic E-state index is 0. The molecule has 0 amide bonds. The van der Waals surface area contributed by atoms with Gasteiger partial charge < -0.3 is 25.9 Å². The van der Waals surface area contributed by atoms with E-state index in [-0.39, 0.29) is 18.4 Å². The highest BCUT2D eigenvalue weighted by molar-refractivity contribution is 5.20. The van der Waals surface area contributed by atoms with Crippen molar-refractivity contribution in [3.05, 3.63) is 91.0 Å². The molecule has 0 aliphatic carbocycles. The summed E-state index contributed by atoms with van der Waals surface area (Å²) in [6.07, 6.45) is 0. The Kier molecular flexibility index (Phi) is 18.6. The van der Waals surface area contributed by atoms with E-state index >= 15 is 0 Å². The topological polar surface area (TPSA) is 113 Å². The van der Waals surface area contributed by atoms with Gasteiger partial charge in [-0.1, -0.05) is 62.0 Å². The van der Waals surface area contributed by atoms with Crippen molar-refractivity contribution in [1.29, 1.82) is 0 Å². The van der Waals surface area contributed by atoms with Crippen LogP contribution in [-0.4, -0.2) is 28.3 Å². The van der Waals surface area contributed by atoms with Crippen molar-refractivity contribution in [3.8, 4) is 17.2 Å². The molecule has 0 fully saturated rings. The molecule has 5 nitrogen and oxygen atoms in total. The fourth-order valence-corrected chi connectivity index (χ4v) is 1.41. The molecule has 0 heterocycles. The van der Waals surface area contributed by atoms with Crippen molar-refractivity contribution in [2.24, 2.45) is 0 Å². The fraction of sp³-hybridized carbons (Fsp3) is 0.100. The van der Waals surface area contributed by atoms with Crippen LogP contribution in [0.4, 0.5) is 0 Å². The van der Waals surface area contributed by atoms with Crippen LogP contribution >= 0.6 is 0 Å². The Bertz CT molecular complexity index is 563. The first-order valence-corrected chi connectivity index (χ1v) is 6.79. The molecule has 0 atom stereocenters. The maximum atomic E-state index is 8.63. The Hall–Kier alpha value is -3.02. The molecule has 3 aromatic carbocycles. The van der Waals surface area contributed by atoms with E-state index in [2.05, 4.69) is 0 Å². The first kappa shape index (κ1) is 26.9. The van der Waals surface area contributed by atoms with Crippen LogP contribution < -0.4 is 4.74 Å². The van der Waals surface area contributed by atoms with Crippen LogP contribution in [0.3, 0.4) is 0 Å². The fourth-order valence-electron chi connectivity index (χ4n) is 1.41. The molecule has 0 unspecified atom stereocenters. The zero-order valence-corrected chi connectivity index (χ0v) is 13.5. The van der Waals surface area contributed by atoms with Crippen molar-refractivity contribution in [1.82, 2.24) is 0 Å². The summed E-state index contributed by atoms with van der Waals surface area (Å²) in [4.78, 5) is 0. The van der Waals surface area contributed by atoms with Crippen molar-refractivity contribution in [3.63, 3.8) is 0 Å². The van der Waals surface area contributed by atoms with E-state index in [0.717, 1.165) is 5.75 Å². The zero-order chi connectivity index (χ0) is 16.0. The van der Waals surface area contributed by atoms with Crippen molar-refractivity contribution >= 4 is 0 Å². The smallest absolute Gasteiger partial charge is 0.118 e. The number of methoxy groups -OCH3 is 1. The molecule has 0 radical (unpaired) electrons. The maximum absolute atomic E-state index is 8.63. The third-order valence-corrected chi connectivity index (χ3v) is 2.49. The summed E-state index contributed by atoms with van der Waals surface area (Å²) in [7, 11) is 1.66. The van der Waals surface area contributed by atoms with Gasteiger partial charge in [-0.05, 0) is 36.4 Å². The Morgan fingerprint density at radius 2 is 0.840 bits per heavy atom. The molecule has 138 valence electrons. The molecule has 0 bridgehead atoms. The van der Waals surface area contributed by atoms with Gasteiger partial charge in [0.25, 0.3) is 0 Å². The number of para-hydroxylation sites is 3. The highest BCUT2D eigenvalue weighted by Crippen LogP contribution is 2.05. The third-order valence-electron chi connectivity index (χ3n) is 2.49. The summed E-state index contributed by atoms with van der Waals surface area (Å²) in [6, 6.07) is 27.1. The van der Waals surface area contributed by atoms with Gasteiger partial charge in [0.2, 0.25) is 0 Å². The molecule has 0 spiro atoms. The Morgan fingerprint density at radius 1 is 0.560 bits per heavy atom. The molecule has 0 aliphatic heterocycles. The molecular weight excluding hydrogens is 320 g/mol. The van der Waals surface area contributed by atoms with Gasteiger partial charge in [0, 0.05) is 0 Å². The maximum Gasteiger partial charge on any atom is 0.118 e. The van der Waals surface area contributed by atoms with Gasteiger partial charge >= 0.3 is 0 Å². The van der Waals surface area contributed by atoms with Crippen molar-refractivity contribution < 1.29 is 25.9 Å². The Morgan fingerprint density at radius 3 is 1.00 bits per heavy atom. The lowest BCUT2D eigenvalue weighted by Gasteiger charge is -1.93.